The van der Waals surface area contributed by atoms with Gasteiger partial charge in [0, 0.05) is 32.2 Å². The Bertz CT molecular complexity index is 216. The third kappa shape index (κ3) is 7.31. The summed E-state index contributed by atoms with van der Waals surface area (Å²) < 4.78 is 10.7. The van der Waals surface area contributed by atoms with Gasteiger partial charge in [-0.1, -0.05) is 0 Å². The van der Waals surface area contributed by atoms with Crippen LogP contribution in [0.4, 0.5) is 0 Å². The molecule has 5 heteroatoms. The number of carbonyl (C=O) groups excluding carboxylic acids is 1. The first-order chi connectivity index (χ1) is 8.18. The van der Waals surface area contributed by atoms with E-state index in [0.717, 1.165) is 19.6 Å². The predicted molar refractivity (Wildman–Crippen MR) is 65.9 cm³/mol. The van der Waals surface area contributed by atoms with E-state index in [1.807, 2.05) is 13.8 Å². The van der Waals surface area contributed by atoms with Gasteiger partial charge in [0.15, 0.2) is 0 Å². The highest BCUT2D eigenvalue weighted by Gasteiger charge is 2.16. The van der Waals surface area contributed by atoms with Gasteiger partial charge in [-0.2, -0.15) is 0 Å². The normalized spacial score (nSPS) is 20.5. The van der Waals surface area contributed by atoms with Crippen LogP contribution in [0.25, 0.3) is 0 Å². The van der Waals surface area contributed by atoms with Crippen molar-refractivity contribution in [2.24, 2.45) is 0 Å². The van der Waals surface area contributed by atoms with Crippen molar-refractivity contribution in [3.05, 3.63) is 0 Å². The van der Waals surface area contributed by atoms with Gasteiger partial charge < -0.3 is 20.1 Å². The highest BCUT2D eigenvalue weighted by Crippen LogP contribution is 1.98. The molecule has 1 amide bonds. The molecule has 1 aliphatic rings. The van der Waals surface area contributed by atoms with Crippen LogP contribution >= 0.6 is 0 Å². The van der Waals surface area contributed by atoms with Gasteiger partial charge in [-0.25, -0.2) is 0 Å². The molecule has 0 aromatic rings. The molecule has 0 aromatic heterocycles. The summed E-state index contributed by atoms with van der Waals surface area (Å²) in [7, 11) is 0. The predicted octanol–water partition coefficient (Wildman–Crippen LogP) is 0.296. The van der Waals surface area contributed by atoms with Crippen molar-refractivity contribution >= 4 is 5.91 Å². The molecule has 2 N–H and O–H groups in total. The molecular formula is C12H24N2O3. The Morgan fingerprint density at radius 1 is 1.59 bits per heavy atom. The number of carbonyl (C=O) groups is 1. The molecule has 100 valence electrons. The number of nitrogens with one attached hydrogen (secondary N) is 2. The van der Waals surface area contributed by atoms with Crippen molar-refractivity contribution in [2.45, 2.75) is 38.8 Å². The van der Waals surface area contributed by atoms with E-state index in [0.29, 0.717) is 26.2 Å². The maximum Gasteiger partial charge on any atom is 0.221 e. The smallest absolute Gasteiger partial charge is 0.221 e. The monoisotopic (exact) mass is 244 g/mol. The Hall–Kier alpha value is -0.650. The first-order valence-electron chi connectivity index (χ1n) is 6.38. The highest BCUT2D eigenvalue weighted by molar-refractivity contribution is 5.76. The van der Waals surface area contributed by atoms with Crippen LogP contribution in [0.1, 0.15) is 26.7 Å². The largest absolute Gasteiger partial charge is 0.379 e. The summed E-state index contributed by atoms with van der Waals surface area (Å²) in [5.74, 6) is 0.0811. The average Bonchev–Trinajstić information content (AvgIpc) is 2.29. The summed E-state index contributed by atoms with van der Waals surface area (Å²) in [6, 6.07) is 0.163. The number of hydrogen-bond acceptors (Lipinski definition) is 4. The molecule has 1 saturated heterocycles. The molecule has 1 rings (SSSR count). The Balaban J connectivity index is 1.97. The van der Waals surface area contributed by atoms with E-state index in [2.05, 4.69) is 10.6 Å². The van der Waals surface area contributed by atoms with E-state index in [1.165, 1.54) is 0 Å². The summed E-state index contributed by atoms with van der Waals surface area (Å²) in [4.78, 5) is 11.6. The molecule has 1 atom stereocenters. The van der Waals surface area contributed by atoms with E-state index in [4.69, 9.17) is 9.47 Å². The summed E-state index contributed by atoms with van der Waals surface area (Å²) in [6.45, 7) is 7.59. The van der Waals surface area contributed by atoms with E-state index in [-0.39, 0.29) is 18.1 Å². The van der Waals surface area contributed by atoms with Crippen LogP contribution in [0.5, 0.6) is 0 Å². The van der Waals surface area contributed by atoms with Gasteiger partial charge in [0.1, 0.15) is 0 Å². The van der Waals surface area contributed by atoms with Gasteiger partial charge >= 0.3 is 0 Å². The van der Waals surface area contributed by atoms with Crippen LogP contribution in [-0.4, -0.2) is 51.0 Å². The lowest BCUT2D eigenvalue weighted by molar-refractivity contribution is -0.122. The van der Waals surface area contributed by atoms with Crippen molar-refractivity contribution in [1.82, 2.24) is 10.6 Å². The van der Waals surface area contributed by atoms with E-state index in [1.54, 1.807) is 0 Å². The fraction of sp³-hybridized carbons (Fsp3) is 0.917. The second kappa shape index (κ2) is 8.44. The Morgan fingerprint density at radius 2 is 2.41 bits per heavy atom. The van der Waals surface area contributed by atoms with E-state index in [9.17, 15) is 4.79 Å². The maximum absolute atomic E-state index is 11.6. The van der Waals surface area contributed by atoms with Crippen molar-refractivity contribution in [2.75, 3.05) is 32.9 Å². The number of hydrogen-bond donors (Lipinski definition) is 2. The van der Waals surface area contributed by atoms with Crippen LogP contribution in [-0.2, 0) is 14.3 Å². The van der Waals surface area contributed by atoms with Crippen LogP contribution in [0.2, 0.25) is 0 Å². The van der Waals surface area contributed by atoms with Gasteiger partial charge in [0.2, 0.25) is 5.91 Å². The van der Waals surface area contributed by atoms with E-state index >= 15 is 0 Å². The highest BCUT2D eigenvalue weighted by atomic mass is 16.5. The Labute approximate surface area is 103 Å². The lowest BCUT2D eigenvalue weighted by Crippen LogP contribution is -2.44. The van der Waals surface area contributed by atoms with Gasteiger partial charge in [0.25, 0.3) is 0 Å². The topological polar surface area (TPSA) is 59.6 Å². The number of amides is 1. The molecule has 0 saturated carbocycles. The summed E-state index contributed by atoms with van der Waals surface area (Å²) >= 11 is 0. The zero-order valence-electron chi connectivity index (χ0n) is 10.8. The summed E-state index contributed by atoms with van der Waals surface area (Å²) in [6.07, 6.45) is 1.61. The number of morpholine rings is 1. The Kier molecular flexibility index (Phi) is 7.16. The lowest BCUT2D eigenvalue weighted by Gasteiger charge is -2.23. The molecule has 1 fully saturated rings. The second-order valence-electron chi connectivity index (χ2n) is 4.55. The summed E-state index contributed by atoms with van der Waals surface area (Å²) in [5, 5.41) is 6.15. The minimum Gasteiger partial charge on any atom is -0.379 e. The van der Waals surface area contributed by atoms with Crippen molar-refractivity contribution in [3.63, 3.8) is 0 Å². The maximum atomic E-state index is 11.6. The van der Waals surface area contributed by atoms with Gasteiger partial charge in [0.05, 0.1) is 19.3 Å². The molecule has 0 spiro atoms. The van der Waals surface area contributed by atoms with Crippen molar-refractivity contribution < 1.29 is 14.3 Å². The zero-order chi connectivity index (χ0) is 12.5. The van der Waals surface area contributed by atoms with Crippen molar-refractivity contribution in [3.8, 4) is 0 Å². The molecule has 17 heavy (non-hydrogen) atoms. The minimum atomic E-state index is 0.0811. The third-order valence-electron chi connectivity index (χ3n) is 2.52. The number of ether oxygens (including phenoxy) is 2. The quantitative estimate of drug-likeness (QED) is 0.632. The first kappa shape index (κ1) is 14.4. The van der Waals surface area contributed by atoms with Crippen LogP contribution < -0.4 is 10.6 Å². The van der Waals surface area contributed by atoms with Crippen LogP contribution in [0.15, 0.2) is 0 Å². The molecule has 0 radical (unpaired) electrons. The fourth-order valence-corrected chi connectivity index (χ4v) is 1.67. The van der Waals surface area contributed by atoms with Crippen molar-refractivity contribution in [1.29, 1.82) is 0 Å². The zero-order valence-corrected chi connectivity index (χ0v) is 10.8. The molecule has 1 aliphatic heterocycles. The summed E-state index contributed by atoms with van der Waals surface area (Å²) in [5.41, 5.74) is 0. The molecule has 1 heterocycles. The molecule has 5 nitrogen and oxygen atoms in total. The molecular weight excluding hydrogens is 220 g/mol. The standard InChI is InChI=1S/C12H24N2O3/c1-10(2)17-6-3-4-14-12(15)8-11-9-16-7-5-13-11/h10-11,13H,3-9H2,1-2H3,(H,14,15). The lowest BCUT2D eigenvalue weighted by atomic mass is 10.2. The van der Waals surface area contributed by atoms with Crippen LogP contribution in [0.3, 0.4) is 0 Å². The second-order valence-corrected chi connectivity index (χ2v) is 4.55. The van der Waals surface area contributed by atoms with Crippen LogP contribution in [0, 0.1) is 0 Å². The SMILES string of the molecule is CC(C)OCCCNC(=O)CC1COCCN1. The van der Waals surface area contributed by atoms with Gasteiger partial charge in [-0.05, 0) is 20.3 Å². The van der Waals surface area contributed by atoms with Gasteiger partial charge in [-0.15, -0.1) is 0 Å². The molecule has 1 unspecified atom stereocenters. The average molecular weight is 244 g/mol. The third-order valence-corrected chi connectivity index (χ3v) is 2.52. The Morgan fingerprint density at radius 3 is 3.06 bits per heavy atom. The van der Waals surface area contributed by atoms with E-state index < -0.39 is 0 Å². The molecule has 0 bridgehead atoms. The number of rotatable bonds is 7. The fourth-order valence-electron chi connectivity index (χ4n) is 1.67. The molecule has 0 aliphatic carbocycles. The van der Waals surface area contributed by atoms with Gasteiger partial charge in [-0.3, -0.25) is 4.79 Å². The minimum absolute atomic E-state index is 0.0811. The molecule has 0 aromatic carbocycles. The first-order valence-corrected chi connectivity index (χ1v) is 6.38.